The van der Waals surface area contributed by atoms with E-state index < -0.39 is 11.8 Å². The molecule has 0 aliphatic heterocycles. The van der Waals surface area contributed by atoms with Gasteiger partial charge in [-0.05, 0) is 53.9 Å². The number of thiophene rings is 1. The molecule has 0 fully saturated rings. The Bertz CT molecular complexity index is 1070. The van der Waals surface area contributed by atoms with Gasteiger partial charge in [0, 0.05) is 22.2 Å². The lowest BCUT2D eigenvalue weighted by Crippen LogP contribution is -2.30. The van der Waals surface area contributed by atoms with Crippen LogP contribution in [0.2, 0.25) is 0 Å². The second-order valence-corrected chi connectivity index (χ2v) is 7.32. The second-order valence-electron chi connectivity index (χ2n) is 6.34. The predicted octanol–water partition coefficient (Wildman–Crippen LogP) is 4.73. The van der Waals surface area contributed by atoms with E-state index in [1.165, 1.54) is 11.3 Å². The Hall–Kier alpha value is -3.84. The fraction of sp³-hybridized carbons (Fsp3) is 0.0833. The van der Waals surface area contributed by atoms with E-state index in [9.17, 15) is 9.59 Å². The van der Waals surface area contributed by atoms with Gasteiger partial charge in [-0.1, -0.05) is 24.8 Å². The zero-order chi connectivity index (χ0) is 22.1. The van der Waals surface area contributed by atoms with Crippen molar-refractivity contribution < 1.29 is 19.1 Å². The van der Waals surface area contributed by atoms with Crippen molar-refractivity contribution >= 4 is 34.9 Å². The minimum atomic E-state index is -0.448. The smallest absolute Gasteiger partial charge is 0.272 e. The molecule has 0 bridgehead atoms. The quantitative estimate of drug-likeness (QED) is 0.377. The van der Waals surface area contributed by atoms with Gasteiger partial charge in [-0.15, -0.1) is 11.3 Å². The van der Waals surface area contributed by atoms with Crippen LogP contribution in [-0.2, 0) is 4.79 Å². The normalized spacial score (nSPS) is 10.8. The van der Waals surface area contributed by atoms with Gasteiger partial charge in [-0.25, -0.2) is 0 Å². The van der Waals surface area contributed by atoms with Crippen molar-refractivity contribution in [3.05, 3.63) is 94.8 Å². The number of benzene rings is 2. The fourth-order valence-electron chi connectivity index (χ4n) is 2.63. The summed E-state index contributed by atoms with van der Waals surface area (Å²) < 4.78 is 10.6. The molecule has 6 nitrogen and oxygen atoms in total. The molecule has 0 atom stereocenters. The molecule has 3 aromatic rings. The molecule has 2 amide bonds. The minimum absolute atomic E-state index is 0.126. The number of amides is 2. The molecule has 158 valence electrons. The largest absolute Gasteiger partial charge is 0.497 e. The van der Waals surface area contributed by atoms with E-state index in [4.69, 9.17) is 9.47 Å². The Morgan fingerprint density at radius 1 is 1.06 bits per heavy atom. The Balaban J connectivity index is 1.79. The predicted molar refractivity (Wildman–Crippen MR) is 124 cm³/mol. The van der Waals surface area contributed by atoms with Crippen molar-refractivity contribution in [2.24, 2.45) is 0 Å². The Morgan fingerprint density at radius 3 is 2.55 bits per heavy atom. The average molecular weight is 435 g/mol. The number of carbonyl (C=O) groups excluding carboxylic acids is 2. The highest BCUT2D eigenvalue weighted by atomic mass is 32.1. The van der Waals surface area contributed by atoms with Crippen molar-refractivity contribution in [2.75, 3.05) is 19.0 Å². The number of hydrogen-bond donors (Lipinski definition) is 2. The summed E-state index contributed by atoms with van der Waals surface area (Å²) in [6.45, 7) is 3.98. The van der Waals surface area contributed by atoms with E-state index in [-0.39, 0.29) is 5.70 Å². The Morgan fingerprint density at radius 2 is 1.87 bits per heavy atom. The summed E-state index contributed by atoms with van der Waals surface area (Å²) in [5.41, 5.74) is 1.08. The number of ether oxygens (including phenoxy) is 2. The van der Waals surface area contributed by atoms with Crippen LogP contribution in [0.5, 0.6) is 11.5 Å². The highest BCUT2D eigenvalue weighted by Crippen LogP contribution is 2.19. The fourth-order valence-corrected chi connectivity index (χ4v) is 3.29. The van der Waals surface area contributed by atoms with Gasteiger partial charge in [-0.3, -0.25) is 9.59 Å². The van der Waals surface area contributed by atoms with E-state index in [2.05, 4.69) is 17.2 Å². The van der Waals surface area contributed by atoms with Crippen LogP contribution < -0.4 is 20.1 Å². The summed E-state index contributed by atoms with van der Waals surface area (Å²) in [5.74, 6) is 0.394. The molecule has 0 aliphatic carbocycles. The van der Waals surface area contributed by atoms with Crippen LogP contribution in [0.15, 0.2) is 84.4 Å². The van der Waals surface area contributed by atoms with Gasteiger partial charge in [0.05, 0.1) is 7.11 Å². The zero-order valence-electron chi connectivity index (χ0n) is 17.0. The lowest BCUT2D eigenvalue weighted by Gasteiger charge is -2.12. The summed E-state index contributed by atoms with van der Waals surface area (Å²) in [4.78, 5) is 26.5. The van der Waals surface area contributed by atoms with Crippen LogP contribution in [0.25, 0.3) is 6.08 Å². The van der Waals surface area contributed by atoms with Crippen LogP contribution in [0.3, 0.4) is 0 Å². The maximum absolute atomic E-state index is 13.0. The number of nitrogens with one attached hydrogen (secondary N) is 2. The van der Waals surface area contributed by atoms with Crippen molar-refractivity contribution in [3.8, 4) is 11.5 Å². The maximum Gasteiger partial charge on any atom is 0.272 e. The third-order valence-corrected chi connectivity index (χ3v) is 4.95. The molecular weight excluding hydrogens is 412 g/mol. The van der Waals surface area contributed by atoms with Crippen molar-refractivity contribution in [3.63, 3.8) is 0 Å². The average Bonchev–Trinajstić information content (AvgIpc) is 3.30. The van der Waals surface area contributed by atoms with Crippen molar-refractivity contribution in [1.29, 1.82) is 0 Å². The molecular formula is C24H22N2O4S. The maximum atomic E-state index is 13.0. The summed E-state index contributed by atoms with van der Waals surface area (Å²) in [5, 5.41) is 7.41. The van der Waals surface area contributed by atoms with E-state index in [0.29, 0.717) is 29.4 Å². The number of rotatable bonds is 9. The van der Waals surface area contributed by atoms with Gasteiger partial charge in [0.2, 0.25) is 0 Å². The highest BCUT2D eigenvalue weighted by Gasteiger charge is 2.16. The highest BCUT2D eigenvalue weighted by molar-refractivity contribution is 7.10. The number of carbonyl (C=O) groups is 2. The third kappa shape index (κ3) is 6.32. The van der Waals surface area contributed by atoms with E-state index in [1.54, 1.807) is 67.8 Å². The first-order valence-electron chi connectivity index (χ1n) is 9.45. The summed E-state index contributed by atoms with van der Waals surface area (Å²) >= 11 is 1.46. The number of hydrogen-bond acceptors (Lipinski definition) is 5. The number of methoxy groups -OCH3 is 1. The van der Waals surface area contributed by atoms with E-state index >= 15 is 0 Å². The van der Waals surface area contributed by atoms with Crippen molar-refractivity contribution in [1.82, 2.24) is 5.32 Å². The molecule has 7 heteroatoms. The molecule has 0 radical (unpaired) electrons. The SMILES string of the molecule is C=CCOc1cccc(NC(=O)/C(=C/c2cccs2)NC(=O)c2ccc(OC)cc2)c1. The molecule has 0 unspecified atom stereocenters. The van der Waals surface area contributed by atoms with E-state index in [1.807, 2.05) is 17.5 Å². The topological polar surface area (TPSA) is 76.7 Å². The molecule has 0 saturated heterocycles. The Labute approximate surface area is 184 Å². The van der Waals surface area contributed by atoms with Gasteiger partial charge in [0.25, 0.3) is 11.8 Å². The number of anilines is 1. The van der Waals surface area contributed by atoms with Gasteiger partial charge >= 0.3 is 0 Å². The summed E-state index contributed by atoms with van der Waals surface area (Å²) in [6, 6.07) is 17.4. The summed E-state index contributed by atoms with van der Waals surface area (Å²) in [6.07, 6.45) is 3.28. The first-order chi connectivity index (χ1) is 15.1. The van der Waals surface area contributed by atoms with Crippen molar-refractivity contribution in [2.45, 2.75) is 0 Å². The minimum Gasteiger partial charge on any atom is -0.497 e. The first-order valence-corrected chi connectivity index (χ1v) is 10.3. The zero-order valence-corrected chi connectivity index (χ0v) is 17.8. The van der Waals surface area contributed by atoms with Crippen LogP contribution in [0.4, 0.5) is 5.69 Å². The van der Waals surface area contributed by atoms with Crippen LogP contribution >= 0.6 is 11.3 Å². The lowest BCUT2D eigenvalue weighted by molar-refractivity contribution is -0.113. The second kappa shape index (κ2) is 10.8. The first kappa shape index (κ1) is 21.9. The van der Waals surface area contributed by atoms with Crippen LogP contribution in [-0.4, -0.2) is 25.5 Å². The molecule has 2 N–H and O–H groups in total. The lowest BCUT2D eigenvalue weighted by atomic mass is 10.2. The molecule has 2 aromatic carbocycles. The van der Waals surface area contributed by atoms with Gasteiger partial charge in [-0.2, -0.15) is 0 Å². The summed E-state index contributed by atoms with van der Waals surface area (Å²) in [7, 11) is 1.55. The van der Waals surface area contributed by atoms with Gasteiger partial charge < -0.3 is 20.1 Å². The van der Waals surface area contributed by atoms with Crippen LogP contribution in [0, 0.1) is 0 Å². The molecule has 1 aromatic heterocycles. The van der Waals surface area contributed by atoms with E-state index in [0.717, 1.165) is 4.88 Å². The van der Waals surface area contributed by atoms with Crippen LogP contribution in [0.1, 0.15) is 15.2 Å². The van der Waals surface area contributed by atoms with Gasteiger partial charge in [0.15, 0.2) is 0 Å². The molecule has 0 saturated carbocycles. The molecule has 0 aliphatic rings. The molecule has 1 heterocycles. The van der Waals surface area contributed by atoms with Gasteiger partial charge in [0.1, 0.15) is 23.8 Å². The standard InChI is InChI=1S/C24H22N2O4S/c1-3-13-30-20-7-4-6-18(15-20)25-24(28)22(16-21-8-5-14-31-21)26-23(27)17-9-11-19(29-2)12-10-17/h3-12,14-16H,1,13H2,2H3,(H,25,28)(H,26,27)/b22-16-. The molecule has 0 spiro atoms. The molecule has 31 heavy (non-hydrogen) atoms. The molecule has 3 rings (SSSR count). The third-order valence-electron chi connectivity index (χ3n) is 4.13. The Kier molecular flexibility index (Phi) is 7.61. The monoisotopic (exact) mass is 434 g/mol.